The minimum atomic E-state index is -0.260. The van der Waals surface area contributed by atoms with E-state index in [0.29, 0.717) is 34.0 Å². The van der Waals surface area contributed by atoms with Crippen molar-refractivity contribution < 1.29 is 18.7 Å². The number of methoxy groups -OCH3 is 2. The smallest absolute Gasteiger partial charge is 0.259 e. The fourth-order valence-electron chi connectivity index (χ4n) is 2.96. The molecule has 0 bridgehead atoms. The third-order valence-electron chi connectivity index (χ3n) is 4.40. The first-order chi connectivity index (χ1) is 14.1. The van der Waals surface area contributed by atoms with Gasteiger partial charge in [-0.1, -0.05) is 12.1 Å². The van der Waals surface area contributed by atoms with Gasteiger partial charge in [-0.05, 0) is 64.5 Å². The molecule has 7 heteroatoms. The van der Waals surface area contributed by atoms with Crippen molar-refractivity contribution in [2.24, 2.45) is 0 Å². The van der Waals surface area contributed by atoms with Crippen molar-refractivity contribution in [1.82, 2.24) is 4.98 Å². The molecule has 0 aliphatic rings. The third-order valence-corrected chi connectivity index (χ3v) is 5.02. The highest BCUT2D eigenvalue weighted by molar-refractivity contribution is 9.10. The number of oxazole rings is 1. The molecule has 0 aliphatic heterocycles. The van der Waals surface area contributed by atoms with Crippen molar-refractivity contribution in [2.75, 3.05) is 19.5 Å². The second-order valence-electron chi connectivity index (χ2n) is 6.21. The van der Waals surface area contributed by atoms with Crippen LogP contribution in [0.25, 0.3) is 22.6 Å². The van der Waals surface area contributed by atoms with Crippen molar-refractivity contribution in [1.29, 1.82) is 0 Å². The number of halogens is 1. The van der Waals surface area contributed by atoms with Gasteiger partial charge in [0.05, 0.1) is 24.3 Å². The van der Waals surface area contributed by atoms with E-state index in [4.69, 9.17) is 13.9 Å². The highest BCUT2D eigenvalue weighted by Crippen LogP contribution is 2.32. The second-order valence-corrected chi connectivity index (χ2v) is 7.06. The van der Waals surface area contributed by atoms with E-state index in [9.17, 15) is 4.79 Å². The van der Waals surface area contributed by atoms with Crippen molar-refractivity contribution in [2.45, 2.75) is 0 Å². The number of nitrogens with one attached hydrogen (secondary N) is 1. The lowest BCUT2D eigenvalue weighted by atomic mass is 10.2. The van der Waals surface area contributed by atoms with Crippen LogP contribution in [0.15, 0.2) is 69.6 Å². The van der Waals surface area contributed by atoms with Crippen molar-refractivity contribution >= 4 is 38.6 Å². The number of hydrogen-bond donors (Lipinski definition) is 1. The van der Waals surface area contributed by atoms with Gasteiger partial charge < -0.3 is 19.2 Å². The fourth-order valence-corrected chi connectivity index (χ4v) is 3.50. The van der Waals surface area contributed by atoms with Crippen LogP contribution in [0, 0.1) is 0 Å². The van der Waals surface area contributed by atoms with Crippen molar-refractivity contribution in [3.05, 3.63) is 70.7 Å². The maximum absolute atomic E-state index is 12.6. The second kappa shape index (κ2) is 7.97. The van der Waals surface area contributed by atoms with Gasteiger partial charge in [-0.25, -0.2) is 4.98 Å². The SMILES string of the molecule is COc1ccc(-c2nc3cc(NC(=O)c4ccccc4OC)ccc3o2)cc1Br. The number of ether oxygens (including phenoxy) is 2. The average Bonchev–Trinajstić information content (AvgIpc) is 3.17. The number of benzene rings is 3. The molecular formula is C22H17BrN2O4. The third kappa shape index (κ3) is 3.82. The molecule has 1 N–H and O–H groups in total. The Kier molecular flexibility index (Phi) is 5.22. The number of rotatable bonds is 5. The van der Waals surface area contributed by atoms with Crippen LogP contribution < -0.4 is 14.8 Å². The summed E-state index contributed by atoms with van der Waals surface area (Å²) in [5, 5.41) is 2.87. The molecule has 0 spiro atoms. The number of para-hydroxylation sites is 1. The lowest BCUT2D eigenvalue weighted by Gasteiger charge is -2.08. The Morgan fingerprint density at radius 3 is 2.55 bits per heavy atom. The Bertz CT molecular complexity index is 1200. The van der Waals surface area contributed by atoms with E-state index in [1.54, 1.807) is 43.5 Å². The molecule has 1 aromatic heterocycles. The summed E-state index contributed by atoms with van der Waals surface area (Å²) < 4.78 is 17.2. The van der Waals surface area contributed by atoms with Crippen LogP contribution in [-0.4, -0.2) is 25.1 Å². The summed E-state index contributed by atoms with van der Waals surface area (Å²) >= 11 is 3.47. The zero-order valence-corrected chi connectivity index (χ0v) is 17.3. The van der Waals surface area contributed by atoms with Crippen molar-refractivity contribution in [3.63, 3.8) is 0 Å². The Morgan fingerprint density at radius 1 is 1.00 bits per heavy atom. The van der Waals surface area contributed by atoms with Gasteiger partial charge in [-0.3, -0.25) is 4.79 Å². The van der Waals surface area contributed by atoms with Crippen LogP contribution in [-0.2, 0) is 0 Å². The molecule has 0 unspecified atom stereocenters. The van der Waals surface area contributed by atoms with Gasteiger partial charge in [0.25, 0.3) is 5.91 Å². The van der Waals surface area contributed by atoms with Gasteiger partial charge in [-0.15, -0.1) is 0 Å². The molecule has 0 radical (unpaired) electrons. The van der Waals surface area contributed by atoms with Gasteiger partial charge in [0.1, 0.15) is 17.0 Å². The Balaban J connectivity index is 1.62. The Morgan fingerprint density at radius 2 is 1.79 bits per heavy atom. The number of fused-ring (bicyclic) bond motifs is 1. The quantitative estimate of drug-likeness (QED) is 0.431. The number of carbonyl (C=O) groups excluding carboxylic acids is 1. The standard InChI is InChI=1S/C22H17BrN2O4/c1-27-18-6-4-3-5-15(18)21(26)24-14-8-10-20-17(12-14)25-22(29-20)13-7-9-19(28-2)16(23)11-13/h3-12H,1-2H3,(H,24,26). The molecule has 29 heavy (non-hydrogen) atoms. The summed E-state index contributed by atoms with van der Waals surface area (Å²) in [6, 6.07) is 18.0. The van der Waals surface area contributed by atoms with Gasteiger partial charge in [0, 0.05) is 11.3 Å². The van der Waals surface area contributed by atoms with E-state index in [1.165, 1.54) is 7.11 Å². The molecule has 0 fully saturated rings. The number of anilines is 1. The molecule has 4 aromatic rings. The zero-order chi connectivity index (χ0) is 20.4. The maximum Gasteiger partial charge on any atom is 0.259 e. The Hall–Kier alpha value is -3.32. The largest absolute Gasteiger partial charge is 0.496 e. The van der Waals surface area contributed by atoms with Crippen LogP contribution in [0.4, 0.5) is 5.69 Å². The Labute approximate surface area is 175 Å². The fraction of sp³-hybridized carbons (Fsp3) is 0.0909. The van der Waals surface area contributed by atoms with Gasteiger partial charge in [0.2, 0.25) is 5.89 Å². The minimum absolute atomic E-state index is 0.260. The van der Waals surface area contributed by atoms with E-state index >= 15 is 0 Å². The highest BCUT2D eigenvalue weighted by Gasteiger charge is 2.14. The summed E-state index contributed by atoms with van der Waals surface area (Å²) in [6.07, 6.45) is 0. The summed E-state index contributed by atoms with van der Waals surface area (Å²) in [5.41, 5.74) is 3.16. The van der Waals surface area contributed by atoms with Crippen LogP contribution >= 0.6 is 15.9 Å². The molecule has 1 heterocycles. The van der Waals surface area contributed by atoms with Crippen LogP contribution in [0.3, 0.4) is 0 Å². The number of aromatic nitrogens is 1. The van der Waals surface area contributed by atoms with Crippen LogP contribution in [0.2, 0.25) is 0 Å². The number of amides is 1. The first-order valence-electron chi connectivity index (χ1n) is 8.78. The number of hydrogen-bond acceptors (Lipinski definition) is 5. The monoisotopic (exact) mass is 452 g/mol. The molecule has 0 atom stereocenters. The van der Waals surface area contributed by atoms with E-state index in [0.717, 1.165) is 15.8 Å². The minimum Gasteiger partial charge on any atom is -0.496 e. The van der Waals surface area contributed by atoms with E-state index in [2.05, 4.69) is 26.2 Å². The molecule has 3 aromatic carbocycles. The van der Waals surface area contributed by atoms with E-state index in [1.807, 2.05) is 24.3 Å². The summed E-state index contributed by atoms with van der Waals surface area (Å²) in [7, 11) is 3.15. The molecule has 0 saturated carbocycles. The molecule has 146 valence electrons. The maximum atomic E-state index is 12.6. The summed E-state index contributed by atoms with van der Waals surface area (Å²) in [5.74, 6) is 1.47. The average molecular weight is 453 g/mol. The predicted molar refractivity (Wildman–Crippen MR) is 115 cm³/mol. The first kappa shape index (κ1) is 19.0. The molecule has 1 amide bonds. The van der Waals surface area contributed by atoms with E-state index < -0.39 is 0 Å². The topological polar surface area (TPSA) is 73.6 Å². The van der Waals surface area contributed by atoms with Gasteiger partial charge in [0.15, 0.2) is 5.58 Å². The molecule has 6 nitrogen and oxygen atoms in total. The molecule has 0 aliphatic carbocycles. The molecular weight excluding hydrogens is 436 g/mol. The number of nitrogens with zero attached hydrogens (tertiary/aromatic N) is 1. The van der Waals surface area contributed by atoms with Crippen LogP contribution in [0.1, 0.15) is 10.4 Å². The van der Waals surface area contributed by atoms with E-state index in [-0.39, 0.29) is 5.91 Å². The lowest BCUT2D eigenvalue weighted by molar-refractivity contribution is 0.102. The normalized spacial score (nSPS) is 10.7. The van der Waals surface area contributed by atoms with Gasteiger partial charge in [-0.2, -0.15) is 0 Å². The van der Waals surface area contributed by atoms with Gasteiger partial charge >= 0.3 is 0 Å². The van der Waals surface area contributed by atoms with Crippen molar-refractivity contribution in [3.8, 4) is 23.0 Å². The first-order valence-corrected chi connectivity index (χ1v) is 9.57. The lowest BCUT2D eigenvalue weighted by Crippen LogP contribution is -2.13. The molecule has 0 saturated heterocycles. The zero-order valence-electron chi connectivity index (χ0n) is 15.7. The summed E-state index contributed by atoms with van der Waals surface area (Å²) in [6.45, 7) is 0. The number of carbonyl (C=O) groups is 1. The summed E-state index contributed by atoms with van der Waals surface area (Å²) in [4.78, 5) is 17.2. The predicted octanol–water partition coefficient (Wildman–Crippen LogP) is 5.53. The van der Waals surface area contributed by atoms with Crippen LogP contribution in [0.5, 0.6) is 11.5 Å². The highest BCUT2D eigenvalue weighted by atomic mass is 79.9. The molecule has 4 rings (SSSR count).